The predicted octanol–water partition coefficient (Wildman–Crippen LogP) is 2.53. The zero-order valence-corrected chi connectivity index (χ0v) is 9.54. The summed E-state index contributed by atoms with van der Waals surface area (Å²) in [5.41, 5.74) is 3.78. The van der Waals surface area contributed by atoms with E-state index in [-0.39, 0.29) is 0 Å². The third kappa shape index (κ3) is 2.97. The normalized spacial score (nSPS) is 10.0. The fraction of sp³-hybridized carbons (Fsp3) is 0.500. The van der Waals surface area contributed by atoms with Crippen LogP contribution in [-0.2, 0) is 5.28 Å². The van der Waals surface area contributed by atoms with Gasteiger partial charge in [0.25, 0.3) is 14.1 Å². The highest BCUT2D eigenvalue weighted by atomic mass is 27.2. The van der Waals surface area contributed by atoms with Gasteiger partial charge in [-0.2, -0.15) is 0 Å². The lowest BCUT2D eigenvalue weighted by Crippen LogP contribution is -2.07. The number of aryl methyl sites for hydroxylation is 2. The lowest BCUT2D eigenvalue weighted by molar-refractivity contribution is 1.08. The Morgan fingerprint density at radius 2 is 1.92 bits per heavy atom. The standard InChI is InChI=1S/C8H10N.2CH3.Al/c1-6-4-7(2)9-8(3)5-6;;;/h4-5H,2H2,1,3H3;2*1H3;. The van der Waals surface area contributed by atoms with Crippen LogP contribution in [0.1, 0.15) is 17.0 Å². The maximum atomic E-state index is 4.51. The lowest BCUT2D eigenvalue weighted by Gasteiger charge is -2.03. The number of hydrogen-bond acceptors (Lipinski definition) is 1. The summed E-state index contributed by atoms with van der Waals surface area (Å²) in [6.45, 7) is 4.21. The van der Waals surface area contributed by atoms with Gasteiger partial charge in [0.1, 0.15) is 0 Å². The summed E-state index contributed by atoms with van der Waals surface area (Å²) in [7, 11) is 0. The molecular weight excluding hydrogens is 161 g/mol. The van der Waals surface area contributed by atoms with Gasteiger partial charge in [-0.1, -0.05) is 5.28 Å². The van der Waals surface area contributed by atoms with Gasteiger partial charge in [0.2, 0.25) is 0 Å². The molecule has 0 N–H and O–H groups in total. The number of pyridine rings is 1. The van der Waals surface area contributed by atoms with Crippen LogP contribution in [0, 0.1) is 13.8 Å². The second kappa shape index (κ2) is 4.07. The average Bonchev–Trinajstić information content (AvgIpc) is 1.81. The maximum Gasteiger partial charge on any atom is 0.263 e. The van der Waals surface area contributed by atoms with E-state index >= 15 is 0 Å². The Morgan fingerprint density at radius 3 is 2.42 bits per heavy atom. The van der Waals surface area contributed by atoms with Crippen molar-refractivity contribution in [1.29, 1.82) is 0 Å². The Morgan fingerprint density at radius 1 is 1.25 bits per heavy atom. The van der Waals surface area contributed by atoms with Crippen LogP contribution in [0.2, 0.25) is 11.6 Å². The van der Waals surface area contributed by atoms with E-state index in [1.807, 2.05) is 0 Å². The highest BCUT2D eigenvalue weighted by Crippen LogP contribution is 2.05. The van der Waals surface area contributed by atoms with Gasteiger partial charge in [0.15, 0.2) is 0 Å². The number of rotatable bonds is 2. The topological polar surface area (TPSA) is 12.9 Å². The van der Waals surface area contributed by atoms with Gasteiger partial charge >= 0.3 is 0 Å². The molecule has 1 aromatic heterocycles. The van der Waals surface area contributed by atoms with Gasteiger partial charge in [-0.15, -0.1) is 11.6 Å². The van der Waals surface area contributed by atoms with Crippen molar-refractivity contribution in [3.05, 3.63) is 29.1 Å². The van der Waals surface area contributed by atoms with Gasteiger partial charge in [-0.25, -0.2) is 0 Å². The van der Waals surface area contributed by atoms with Crippen LogP contribution in [0.4, 0.5) is 0 Å². The van der Waals surface area contributed by atoms with Crippen molar-refractivity contribution in [3.8, 4) is 0 Å². The first kappa shape index (κ1) is 9.77. The molecule has 0 fully saturated rings. The van der Waals surface area contributed by atoms with Crippen molar-refractivity contribution in [2.24, 2.45) is 0 Å². The van der Waals surface area contributed by atoms with E-state index in [4.69, 9.17) is 0 Å². The quantitative estimate of drug-likeness (QED) is 0.632. The SMILES string of the molecule is Cc1cc(C)nc([CH2][Al]([CH3])[CH3])c1. The Hall–Kier alpha value is -0.318. The van der Waals surface area contributed by atoms with E-state index in [2.05, 4.69) is 42.5 Å². The van der Waals surface area contributed by atoms with Crippen LogP contribution in [0.5, 0.6) is 0 Å². The number of nitrogens with zero attached hydrogens (tertiary/aromatic N) is 1. The molecule has 0 bridgehead atoms. The summed E-state index contributed by atoms with van der Waals surface area (Å²) >= 11 is -0.501. The molecule has 12 heavy (non-hydrogen) atoms. The molecule has 0 radical (unpaired) electrons. The zero-order chi connectivity index (χ0) is 9.14. The Bertz CT molecular complexity index is 248. The molecular formula is C10H16AlN. The molecule has 0 aliphatic rings. The second-order valence-corrected chi connectivity index (χ2v) is 7.07. The van der Waals surface area contributed by atoms with Gasteiger partial charge in [-0.05, 0) is 31.5 Å². The predicted molar refractivity (Wildman–Crippen MR) is 54.9 cm³/mol. The van der Waals surface area contributed by atoms with Crippen molar-refractivity contribution in [2.75, 3.05) is 0 Å². The van der Waals surface area contributed by atoms with Gasteiger partial charge in [0.05, 0.1) is 0 Å². The fourth-order valence-electron chi connectivity index (χ4n) is 1.45. The fourth-order valence-corrected chi connectivity index (χ4v) is 2.49. The molecule has 1 heterocycles. The third-order valence-electron chi connectivity index (χ3n) is 1.77. The minimum atomic E-state index is -0.501. The third-order valence-corrected chi connectivity index (χ3v) is 3.00. The number of aromatic nitrogens is 1. The lowest BCUT2D eigenvalue weighted by atomic mass is 10.2. The van der Waals surface area contributed by atoms with E-state index in [0.717, 1.165) is 5.69 Å². The van der Waals surface area contributed by atoms with Crippen LogP contribution in [-0.4, -0.2) is 19.1 Å². The van der Waals surface area contributed by atoms with Crippen LogP contribution in [0.3, 0.4) is 0 Å². The minimum absolute atomic E-state index is 0.501. The molecule has 2 heteroatoms. The van der Waals surface area contributed by atoms with Gasteiger partial charge in [-0.3, -0.25) is 4.98 Å². The van der Waals surface area contributed by atoms with Gasteiger partial charge in [0, 0.05) is 11.4 Å². The largest absolute Gasteiger partial charge is 0.263 e. The highest BCUT2D eigenvalue weighted by Gasteiger charge is 2.05. The minimum Gasteiger partial charge on any atom is -0.259 e. The highest BCUT2D eigenvalue weighted by molar-refractivity contribution is 6.55. The Labute approximate surface area is 79.2 Å². The van der Waals surface area contributed by atoms with Crippen LogP contribution in [0.15, 0.2) is 12.1 Å². The summed E-state index contributed by atoms with van der Waals surface area (Å²) in [4.78, 5) is 4.51. The van der Waals surface area contributed by atoms with Crippen molar-refractivity contribution in [2.45, 2.75) is 30.7 Å². The summed E-state index contributed by atoms with van der Waals surface area (Å²) in [5, 5.41) is 1.22. The van der Waals surface area contributed by atoms with E-state index < -0.39 is 14.1 Å². The summed E-state index contributed by atoms with van der Waals surface area (Å²) in [6, 6.07) is 4.34. The van der Waals surface area contributed by atoms with E-state index in [1.165, 1.54) is 16.5 Å². The Balaban J connectivity index is 2.85. The molecule has 0 aromatic carbocycles. The van der Waals surface area contributed by atoms with Crippen molar-refractivity contribution in [1.82, 2.24) is 4.98 Å². The summed E-state index contributed by atoms with van der Waals surface area (Å²) < 4.78 is 0. The van der Waals surface area contributed by atoms with Crippen LogP contribution < -0.4 is 0 Å². The number of hydrogen-bond donors (Lipinski definition) is 0. The molecule has 0 atom stereocenters. The van der Waals surface area contributed by atoms with E-state index in [0.29, 0.717) is 0 Å². The first-order valence-corrected chi connectivity index (χ1v) is 7.64. The first-order chi connectivity index (χ1) is 5.58. The zero-order valence-electron chi connectivity index (χ0n) is 8.39. The van der Waals surface area contributed by atoms with Crippen molar-refractivity contribution >= 4 is 14.1 Å². The van der Waals surface area contributed by atoms with Crippen molar-refractivity contribution < 1.29 is 0 Å². The first-order valence-electron chi connectivity index (χ1n) is 4.52. The second-order valence-electron chi connectivity index (χ2n) is 3.88. The van der Waals surface area contributed by atoms with Crippen LogP contribution >= 0.6 is 0 Å². The van der Waals surface area contributed by atoms with Crippen LogP contribution in [0.25, 0.3) is 0 Å². The van der Waals surface area contributed by atoms with Crippen molar-refractivity contribution in [3.63, 3.8) is 0 Å². The molecule has 0 saturated heterocycles. The molecule has 1 nitrogen and oxygen atoms in total. The molecule has 1 rings (SSSR count). The molecule has 0 aliphatic carbocycles. The monoisotopic (exact) mass is 177 g/mol. The smallest absolute Gasteiger partial charge is 0.259 e. The molecule has 0 aliphatic heterocycles. The molecule has 0 amide bonds. The van der Waals surface area contributed by atoms with E-state index in [9.17, 15) is 0 Å². The maximum absolute atomic E-state index is 4.51. The molecule has 1 aromatic rings. The summed E-state index contributed by atoms with van der Waals surface area (Å²) in [6.07, 6.45) is 0. The van der Waals surface area contributed by atoms with Gasteiger partial charge < -0.3 is 0 Å². The molecule has 0 saturated carbocycles. The van der Waals surface area contributed by atoms with E-state index in [1.54, 1.807) is 0 Å². The summed E-state index contributed by atoms with van der Waals surface area (Å²) in [5.74, 6) is 4.72. The molecule has 0 spiro atoms. The average molecular weight is 177 g/mol. The Kier molecular flexibility index (Phi) is 3.31. The molecule has 64 valence electrons. The molecule has 0 unspecified atom stereocenters.